The lowest BCUT2D eigenvalue weighted by atomic mass is 9.81. The molecule has 0 amide bonds. The van der Waals surface area contributed by atoms with E-state index in [0.29, 0.717) is 0 Å². The van der Waals surface area contributed by atoms with Gasteiger partial charge in [0.25, 0.3) is 16.0 Å². The largest absolute Gasteiger partial charge is 0.329 e. The number of allylic oxidation sites excluding steroid dienone is 6. The summed E-state index contributed by atoms with van der Waals surface area (Å²) in [6.07, 6.45) is 9.38. The van der Waals surface area contributed by atoms with Crippen molar-refractivity contribution in [1.29, 1.82) is 0 Å². The zero-order chi connectivity index (χ0) is 28.6. The van der Waals surface area contributed by atoms with Gasteiger partial charge >= 0.3 is 10.1 Å². The Morgan fingerprint density at radius 3 is 2.08 bits per heavy atom. The van der Waals surface area contributed by atoms with Crippen molar-refractivity contribution in [1.82, 2.24) is 0 Å². The van der Waals surface area contributed by atoms with Crippen molar-refractivity contribution >= 4 is 37.3 Å². The van der Waals surface area contributed by atoms with E-state index in [1.165, 1.54) is 0 Å². The molecule has 0 saturated carbocycles. The van der Waals surface area contributed by atoms with E-state index in [9.17, 15) is 16.8 Å². The van der Waals surface area contributed by atoms with E-state index in [1.807, 2.05) is 78.9 Å². The molecule has 0 aliphatic carbocycles. The summed E-state index contributed by atoms with van der Waals surface area (Å²) in [5, 5.41) is 0. The number of hydrogen-bond donors (Lipinski definition) is 0. The highest BCUT2D eigenvalue weighted by atomic mass is 32.2. The zero-order valence-corrected chi connectivity index (χ0v) is 24.7. The van der Waals surface area contributed by atoms with E-state index in [4.69, 9.17) is 8.37 Å². The van der Waals surface area contributed by atoms with Gasteiger partial charge in [0.1, 0.15) is 0 Å². The molecule has 2 aliphatic rings. The number of nitrogens with zero attached hydrogens (tertiary/aromatic N) is 2. The molecule has 10 heteroatoms. The van der Waals surface area contributed by atoms with Crippen LogP contribution in [0.4, 0.5) is 11.4 Å². The minimum absolute atomic E-state index is 0.299. The quantitative estimate of drug-likeness (QED) is 0.244. The monoisotopic (exact) mass is 571 g/mol. The molecule has 0 fully saturated rings. The van der Waals surface area contributed by atoms with Crippen LogP contribution in [0, 0.1) is 0 Å². The molecule has 4 rings (SSSR count). The van der Waals surface area contributed by atoms with Crippen LogP contribution < -0.4 is 4.90 Å². The van der Waals surface area contributed by atoms with Gasteiger partial charge in [-0.1, -0.05) is 68.5 Å². The highest BCUT2D eigenvalue weighted by Crippen LogP contribution is 2.47. The number of rotatable bonds is 9. The summed E-state index contributed by atoms with van der Waals surface area (Å²) >= 11 is 0. The van der Waals surface area contributed by atoms with Gasteiger partial charge in [0, 0.05) is 34.5 Å². The van der Waals surface area contributed by atoms with Crippen molar-refractivity contribution in [2.75, 3.05) is 30.9 Å². The van der Waals surface area contributed by atoms with Crippen LogP contribution in [-0.4, -0.2) is 53.1 Å². The van der Waals surface area contributed by atoms with Crippen LogP contribution in [-0.2, 0) is 39.4 Å². The average Bonchev–Trinajstić information content (AvgIpc) is 3.23. The molecule has 39 heavy (non-hydrogen) atoms. The van der Waals surface area contributed by atoms with Crippen LogP contribution in [0.1, 0.15) is 38.8 Å². The molecule has 2 aromatic rings. The van der Waals surface area contributed by atoms with Crippen LogP contribution in [0.2, 0.25) is 0 Å². The predicted octanol–water partition coefficient (Wildman–Crippen LogP) is 4.72. The van der Waals surface area contributed by atoms with E-state index in [-0.39, 0.29) is 11.8 Å². The first-order chi connectivity index (χ1) is 18.2. The second-order valence-electron chi connectivity index (χ2n) is 10.5. The first kappa shape index (κ1) is 28.9. The van der Waals surface area contributed by atoms with Crippen molar-refractivity contribution in [3.8, 4) is 0 Å². The molecule has 0 atom stereocenters. The Morgan fingerprint density at radius 2 is 1.41 bits per heavy atom. The predicted molar refractivity (Wildman–Crippen MR) is 154 cm³/mol. The highest BCUT2D eigenvalue weighted by Gasteiger charge is 2.45. The molecule has 0 unspecified atom stereocenters. The molecule has 0 radical (unpaired) electrons. The maximum Gasteiger partial charge on any atom is 0.329 e. The molecular formula is C29H35N2O6S2+. The molecular weight excluding hydrogens is 536 g/mol. The van der Waals surface area contributed by atoms with Crippen LogP contribution in [0.5, 0.6) is 0 Å². The third-order valence-corrected chi connectivity index (χ3v) is 9.58. The normalized spacial score (nSPS) is 19.4. The van der Waals surface area contributed by atoms with Crippen molar-refractivity contribution in [3.05, 3.63) is 95.7 Å². The van der Waals surface area contributed by atoms with E-state index >= 15 is 0 Å². The minimum Gasteiger partial charge on any atom is -0.327 e. The average molecular weight is 572 g/mol. The van der Waals surface area contributed by atoms with Gasteiger partial charge in [0.05, 0.1) is 19.6 Å². The summed E-state index contributed by atoms with van der Waals surface area (Å²) in [7, 11) is -5.19. The summed E-state index contributed by atoms with van der Waals surface area (Å²) in [6, 6.07) is 15.5. The molecule has 208 valence electrons. The zero-order valence-electron chi connectivity index (χ0n) is 23.1. The van der Waals surface area contributed by atoms with Crippen molar-refractivity contribution < 1.29 is 29.8 Å². The minimum atomic E-state index is -3.76. The summed E-state index contributed by atoms with van der Waals surface area (Å²) in [4.78, 5) is 1.77. The van der Waals surface area contributed by atoms with Crippen LogP contribution >= 0.6 is 0 Å². The third kappa shape index (κ3) is 5.51. The standard InChI is InChI=1S/C29H35N2O6S2/c1-28(2)22-14-10-12-16-24(22)30(20-38(32,33)36-5)26(28)18-8-7-9-19-27-29(3,4)23-15-11-13-17-25(23)31(27)21-39(34,35)37-6/h7-19H,20-21H2,1-6H3/q+1. The van der Waals surface area contributed by atoms with Gasteiger partial charge in [0.2, 0.25) is 5.69 Å². The lowest BCUT2D eigenvalue weighted by molar-refractivity contribution is -0.416. The van der Waals surface area contributed by atoms with Gasteiger partial charge in [-0.25, -0.2) is 0 Å². The van der Waals surface area contributed by atoms with Crippen LogP contribution in [0.15, 0.2) is 84.6 Å². The number of para-hydroxylation sites is 2. The van der Waals surface area contributed by atoms with E-state index in [0.717, 1.165) is 48.1 Å². The molecule has 2 aromatic carbocycles. The SMILES string of the molecule is COS(=O)(=O)CN1C(=CC=CC=CC2=[N+](CS(=O)(=O)OC)c3ccccc3C2(C)C)C(C)(C)c2ccccc21. The van der Waals surface area contributed by atoms with Crippen molar-refractivity contribution in [2.24, 2.45) is 0 Å². The smallest absolute Gasteiger partial charge is 0.327 e. The summed E-state index contributed by atoms with van der Waals surface area (Å²) < 4.78 is 60.7. The second kappa shape index (κ2) is 10.5. The maximum absolute atomic E-state index is 12.4. The molecule has 2 aliphatic heterocycles. The van der Waals surface area contributed by atoms with E-state index < -0.39 is 31.1 Å². The van der Waals surface area contributed by atoms with Crippen LogP contribution in [0.25, 0.3) is 0 Å². The number of fused-ring (bicyclic) bond motifs is 2. The Balaban J connectivity index is 1.69. The fourth-order valence-electron chi connectivity index (χ4n) is 5.34. The van der Waals surface area contributed by atoms with E-state index in [1.54, 1.807) is 9.48 Å². The molecule has 0 N–H and O–H groups in total. The Kier molecular flexibility index (Phi) is 7.79. The van der Waals surface area contributed by atoms with Gasteiger partial charge in [-0.3, -0.25) is 8.37 Å². The lowest BCUT2D eigenvalue weighted by Gasteiger charge is -2.26. The molecule has 0 bridgehead atoms. The fraction of sp³-hybridized carbons (Fsp3) is 0.345. The molecule has 0 saturated heterocycles. The first-order valence-corrected chi connectivity index (χ1v) is 15.6. The Morgan fingerprint density at radius 1 is 0.795 bits per heavy atom. The summed E-state index contributed by atoms with van der Waals surface area (Å²) in [5.41, 5.74) is 4.51. The Bertz CT molecular complexity index is 1610. The van der Waals surface area contributed by atoms with Crippen molar-refractivity contribution in [3.63, 3.8) is 0 Å². The lowest BCUT2D eigenvalue weighted by Crippen LogP contribution is -2.31. The third-order valence-electron chi connectivity index (χ3n) is 7.41. The topological polar surface area (TPSA) is 93.0 Å². The molecule has 8 nitrogen and oxygen atoms in total. The number of hydrogen-bond acceptors (Lipinski definition) is 7. The van der Waals surface area contributed by atoms with Crippen molar-refractivity contribution in [2.45, 2.75) is 38.5 Å². The van der Waals surface area contributed by atoms with Gasteiger partial charge in [-0.2, -0.15) is 21.4 Å². The summed E-state index contributed by atoms with van der Waals surface area (Å²) in [5.74, 6) is -0.598. The van der Waals surface area contributed by atoms with E-state index in [2.05, 4.69) is 27.7 Å². The molecule has 2 heterocycles. The Hall–Kier alpha value is -3.05. The van der Waals surface area contributed by atoms with Gasteiger partial charge in [-0.15, -0.1) is 0 Å². The Labute approximate surface area is 231 Å². The first-order valence-electron chi connectivity index (χ1n) is 12.5. The highest BCUT2D eigenvalue weighted by molar-refractivity contribution is 7.86. The fourth-order valence-corrected chi connectivity index (χ4v) is 6.74. The van der Waals surface area contributed by atoms with Gasteiger partial charge < -0.3 is 4.90 Å². The van der Waals surface area contributed by atoms with Gasteiger partial charge in [-0.05, 0) is 31.6 Å². The summed E-state index contributed by atoms with van der Waals surface area (Å²) in [6.45, 7) is 8.23. The van der Waals surface area contributed by atoms with Crippen LogP contribution in [0.3, 0.4) is 0 Å². The number of benzene rings is 2. The van der Waals surface area contributed by atoms with Gasteiger partial charge in [0.15, 0.2) is 11.6 Å². The maximum atomic E-state index is 12.4. The number of anilines is 1. The molecule has 0 spiro atoms. The second-order valence-corrected chi connectivity index (χ2v) is 13.9. The molecule has 0 aromatic heterocycles.